The van der Waals surface area contributed by atoms with Gasteiger partial charge in [-0.2, -0.15) is 0 Å². The molecule has 0 radical (unpaired) electrons. The highest BCUT2D eigenvalue weighted by Gasteiger charge is 2.27. The maximum atomic E-state index is 12.4. The zero-order valence-electron chi connectivity index (χ0n) is 13.8. The van der Waals surface area contributed by atoms with E-state index >= 15 is 0 Å². The molecule has 0 unspecified atom stereocenters. The second kappa shape index (κ2) is 8.12. The number of carbonyl (C=O) groups excluding carboxylic acids is 1. The normalized spacial score (nSPS) is 24.4. The molecule has 2 rings (SSSR count). The molecule has 1 atom stereocenters. The van der Waals surface area contributed by atoms with E-state index in [1.165, 1.54) is 0 Å². The molecule has 2 N–H and O–H groups in total. The third kappa shape index (κ3) is 6.12. The summed E-state index contributed by atoms with van der Waals surface area (Å²) in [6, 6.07) is -0.0575. The van der Waals surface area contributed by atoms with Crippen LogP contribution in [0.1, 0.15) is 25.7 Å². The molecule has 2 heterocycles. The second-order valence-electron chi connectivity index (χ2n) is 6.49. The number of carbonyl (C=O) groups is 1. The van der Waals surface area contributed by atoms with Crippen LogP contribution in [0, 0.1) is 0 Å². The van der Waals surface area contributed by atoms with Crippen LogP contribution in [-0.2, 0) is 10.0 Å². The molecule has 2 aliphatic rings. The van der Waals surface area contributed by atoms with Gasteiger partial charge in [0.15, 0.2) is 0 Å². The molecule has 0 bridgehead atoms. The van der Waals surface area contributed by atoms with Crippen LogP contribution in [0.25, 0.3) is 0 Å². The third-order valence-electron chi connectivity index (χ3n) is 4.39. The number of nitrogens with zero attached hydrogens (tertiary/aromatic N) is 2. The van der Waals surface area contributed by atoms with E-state index in [4.69, 9.17) is 0 Å². The molecule has 2 aliphatic heterocycles. The Hall–Kier alpha value is -1.12. The fraction of sp³-hybridized carbons (Fsp3) is 0.800. The molecule has 2 fully saturated rings. The average molecular weight is 344 g/mol. The van der Waals surface area contributed by atoms with Crippen molar-refractivity contribution in [3.63, 3.8) is 0 Å². The van der Waals surface area contributed by atoms with Gasteiger partial charge in [0.25, 0.3) is 0 Å². The van der Waals surface area contributed by atoms with Gasteiger partial charge in [-0.1, -0.05) is 6.08 Å². The van der Waals surface area contributed by atoms with Crippen LogP contribution in [-0.4, -0.2) is 75.3 Å². The van der Waals surface area contributed by atoms with Gasteiger partial charge in [0, 0.05) is 44.8 Å². The number of amides is 2. The highest BCUT2D eigenvalue weighted by Crippen LogP contribution is 2.14. The zero-order chi connectivity index (χ0) is 16.9. The van der Waals surface area contributed by atoms with Gasteiger partial charge < -0.3 is 10.2 Å². The molecular formula is C15H28N4O3S. The number of hydrogen-bond acceptors (Lipinski definition) is 4. The minimum absolute atomic E-state index is 0.0767. The lowest BCUT2D eigenvalue weighted by atomic mass is 10.0. The van der Waals surface area contributed by atoms with E-state index in [1.54, 1.807) is 4.90 Å². The Labute approximate surface area is 139 Å². The summed E-state index contributed by atoms with van der Waals surface area (Å²) in [4.78, 5) is 16.4. The SMILES string of the molecule is C=CCN1CCC(NC(=O)N2CCC[C@H](NS(C)(=O)=O)C2)CC1. The van der Waals surface area contributed by atoms with Crippen molar-refractivity contribution in [1.82, 2.24) is 19.8 Å². The summed E-state index contributed by atoms with van der Waals surface area (Å²) in [6.45, 7) is 7.70. The number of sulfonamides is 1. The van der Waals surface area contributed by atoms with Crippen LogP contribution in [0.2, 0.25) is 0 Å². The van der Waals surface area contributed by atoms with Gasteiger partial charge in [-0.25, -0.2) is 17.9 Å². The molecule has 2 saturated heterocycles. The van der Waals surface area contributed by atoms with E-state index in [9.17, 15) is 13.2 Å². The molecule has 0 aromatic carbocycles. The Morgan fingerprint density at radius 1 is 1.22 bits per heavy atom. The lowest BCUT2D eigenvalue weighted by Gasteiger charge is -2.36. The smallest absolute Gasteiger partial charge is 0.317 e. The number of urea groups is 1. The summed E-state index contributed by atoms with van der Waals surface area (Å²) < 4.78 is 25.3. The van der Waals surface area contributed by atoms with E-state index in [2.05, 4.69) is 21.5 Å². The third-order valence-corrected chi connectivity index (χ3v) is 5.15. The zero-order valence-corrected chi connectivity index (χ0v) is 14.6. The fourth-order valence-corrected chi connectivity index (χ4v) is 4.07. The highest BCUT2D eigenvalue weighted by atomic mass is 32.2. The molecule has 8 heteroatoms. The predicted octanol–water partition coefficient (Wildman–Crippen LogP) is 0.360. The van der Waals surface area contributed by atoms with Crippen LogP contribution in [0.5, 0.6) is 0 Å². The Morgan fingerprint density at radius 2 is 1.91 bits per heavy atom. The van der Waals surface area contributed by atoms with Gasteiger partial charge in [-0.15, -0.1) is 6.58 Å². The summed E-state index contributed by atoms with van der Waals surface area (Å²) in [5.74, 6) is 0. The molecule has 0 spiro atoms. The summed E-state index contributed by atoms with van der Waals surface area (Å²) in [5.41, 5.74) is 0. The van der Waals surface area contributed by atoms with Crippen molar-refractivity contribution in [2.75, 3.05) is 39.0 Å². The molecule has 0 aliphatic carbocycles. The Bertz CT molecular complexity index is 515. The van der Waals surface area contributed by atoms with Gasteiger partial charge >= 0.3 is 6.03 Å². The Morgan fingerprint density at radius 3 is 2.52 bits per heavy atom. The summed E-state index contributed by atoms with van der Waals surface area (Å²) in [7, 11) is -3.23. The topological polar surface area (TPSA) is 81.8 Å². The molecule has 2 amide bonds. The lowest BCUT2D eigenvalue weighted by Crippen LogP contribution is -2.54. The quantitative estimate of drug-likeness (QED) is 0.706. The van der Waals surface area contributed by atoms with E-state index in [0.717, 1.165) is 51.6 Å². The minimum Gasteiger partial charge on any atom is -0.335 e. The van der Waals surface area contributed by atoms with Crippen molar-refractivity contribution < 1.29 is 13.2 Å². The first-order valence-electron chi connectivity index (χ1n) is 8.23. The Balaban J connectivity index is 1.78. The summed E-state index contributed by atoms with van der Waals surface area (Å²) in [5, 5.41) is 3.09. The van der Waals surface area contributed by atoms with Gasteiger partial charge in [-0.05, 0) is 25.7 Å². The van der Waals surface area contributed by atoms with Gasteiger partial charge in [0.05, 0.1) is 6.26 Å². The standard InChI is InChI=1S/C15H28N4O3S/c1-3-8-18-10-6-13(7-11-18)16-15(20)19-9-4-5-14(12-19)17-23(2,21)22/h3,13-14,17H,1,4-12H2,2H3,(H,16,20)/t14-/m0/s1. The van der Waals surface area contributed by atoms with E-state index in [-0.39, 0.29) is 18.1 Å². The van der Waals surface area contributed by atoms with Crippen molar-refractivity contribution in [1.29, 1.82) is 0 Å². The van der Waals surface area contributed by atoms with Gasteiger partial charge in [0.1, 0.15) is 0 Å². The van der Waals surface area contributed by atoms with Crippen molar-refractivity contribution >= 4 is 16.1 Å². The number of piperidine rings is 2. The largest absolute Gasteiger partial charge is 0.335 e. The number of rotatable bonds is 5. The number of hydrogen-bond donors (Lipinski definition) is 2. The monoisotopic (exact) mass is 344 g/mol. The van der Waals surface area contributed by atoms with Crippen LogP contribution in [0.15, 0.2) is 12.7 Å². The van der Waals surface area contributed by atoms with E-state index in [1.807, 2.05) is 6.08 Å². The van der Waals surface area contributed by atoms with Crippen LogP contribution >= 0.6 is 0 Å². The van der Waals surface area contributed by atoms with Crippen molar-refractivity contribution in [2.24, 2.45) is 0 Å². The summed E-state index contributed by atoms with van der Waals surface area (Å²) in [6.07, 6.45) is 6.54. The first-order chi connectivity index (χ1) is 10.9. The van der Waals surface area contributed by atoms with Crippen molar-refractivity contribution in [2.45, 2.75) is 37.8 Å². The number of likely N-dealkylation sites (tertiary alicyclic amines) is 2. The number of nitrogens with one attached hydrogen (secondary N) is 2. The molecule has 7 nitrogen and oxygen atoms in total. The fourth-order valence-electron chi connectivity index (χ4n) is 3.27. The molecule has 0 aromatic heterocycles. The first-order valence-corrected chi connectivity index (χ1v) is 10.1. The van der Waals surface area contributed by atoms with Gasteiger partial charge in [-0.3, -0.25) is 4.90 Å². The molecule has 23 heavy (non-hydrogen) atoms. The van der Waals surface area contributed by atoms with Crippen molar-refractivity contribution in [3.8, 4) is 0 Å². The van der Waals surface area contributed by atoms with Crippen LogP contribution < -0.4 is 10.0 Å². The molecule has 0 saturated carbocycles. The van der Waals surface area contributed by atoms with E-state index in [0.29, 0.717) is 13.1 Å². The summed E-state index contributed by atoms with van der Waals surface area (Å²) >= 11 is 0. The average Bonchev–Trinajstić information content (AvgIpc) is 2.48. The van der Waals surface area contributed by atoms with Crippen molar-refractivity contribution in [3.05, 3.63) is 12.7 Å². The lowest BCUT2D eigenvalue weighted by molar-refractivity contribution is 0.162. The molecular weight excluding hydrogens is 316 g/mol. The minimum atomic E-state index is -3.23. The van der Waals surface area contributed by atoms with Crippen LogP contribution in [0.3, 0.4) is 0 Å². The van der Waals surface area contributed by atoms with Crippen LogP contribution in [0.4, 0.5) is 4.79 Å². The molecule has 132 valence electrons. The Kier molecular flexibility index (Phi) is 6.43. The molecule has 0 aromatic rings. The maximum absolute atomic E-state index is 12.4. The first kappa shape index (κ1) is 18.2. The van der Waals surface area contributed by atoms with Gasteiger partial charge in [0.2, 0.25) is 10.0 Å². The maximum Gasteiger partial charge on any atom is 0.317 e. The highest BCUT2D eigenvalue weighted by molar-refractivity contribution is 7.88. The van der Waals surface area contributed by atoms with E-state index < -0.39 is 10.0 Å². The predicted molar refractivity (Wildman–Crippen MR) is 90.8 cm³/mol. The second-order valence-corrected chi connectivity index (χ2v) is 8.27.